The van der Waals surface area contributed by atoms with E-state index in [1.807, 2.05) is 37.3 Å². The number of aldehydes is 1. The van der Waals surface area contributed by atoms with Gasteiger partial charge in [0.25, 0.3) is 17.7 Å². The average Bonchev–Trinajstić information content (AvgIpc) is 3.34. The van der Waals surface area contributed by atoms with Gasteiger partial charge in [-0.3, -0.25) is 34.4 Å². The fourth-order valence-electron chi connectivity index (χ4n) is 6.68. The molecule has 4 amide bonds. The van der Waals surface area contributed by atoms with Crippen LogP contribution >= 0.6 is 0 Å². The highest BCUT2D eigenvalue weighted by Crippen LogP contribution is 2.35. The molecule has 2 aromatic rings. The van der Waals surface area contributed by atoms with E-state index < -0.39 is 23.8 Å². The van der Waals surface area contributed by atoms with Gasteiger partial charge in [0.2, 0.25) is 5.91 Å². The summed E-state index contributed by atoms with van der Waals surface area (Å²) >= 11 is 0. The summed E-state index contributed by atoms with van der Waals surface area (Å²) in [6, 6.07) is 12.1. The van der Waals surface area contributed by atoms with Gasteiger partial charge in [0.05, 0.1) is 16.8 Å². The van der Waals surface area contributed by atoms with E-state index in [1.54, 1.807) is 12.1 Å². The molecule has 5 rings (SSSR count). The quantitative estimate of drug-likeness (QED) is 0.131. The Morgan fingerprint density at radius 1 is 0.935 bits per heavy atom. The molecule has 0 saturated carbocycles. The summed E-state index contributed by atoms with van der Waals surface area (Å²) in [6.07, 6.45) is 3.76. The van der Waals surface area contributed by atoms with Crippen LogP contribution in [0.1, 0.15) is 70.1 Å². The molecular formula is C34H45N7O5. The molecule has 12 heteroatoms. The summed E-state index contributed by atoms with van der Waals surface area (Å²) in [5.74, 6) is -1.02. The van der Waals surface area contributed by atoms with Gasteiger partial charge >= 0.3 is 0 Å². The van der Waals surface area contributed by atoms with E-state index in [0.29, 0.717) is 28.9 Å². The molecule has 1 unspecified atom stereocenters. The number of carbonyl (C=O) groups excluding carboxylic acids is 5. The predicted molar refractivity (Wildman–Crippen MR) is 176 cm³/mol. The van der Waals surface area contributed by atoms with Crippen molar-refractivity contribution in [1.82, 2.24) is 26.0 Å². The van der Waals surface area contributed by atoms with E-state index in [4.69, 9.17) is 0 Å². The smallest absolute Gasteiger partial charge is 0.265 e. The van der Waals surface area contributed by atoms with Crippen molar-refractivity contribution >= 4 is 41.3 Å². The number of benzene rings is 2. The maximum absolute atomic E-state index is 13.6. The molecule has 12 nitrogen and oxygen atoms in total. The van der Waals surface area contributed by atoms with Gasteiger partial charge in [-0.05, 0) is 68.0 Å². The number of amides is 4. The molecule has 0 aliphatic carbocycles. The Morgan fingerprint density at radius 2 is 1.65 bits per heavy atom. The molecule has 1 atom stereocenters. The molecule has 0 bridgehead atoms. The SMILES string of the molecule is CCCNNC(=O)c1ccc(N2CCN(CC3CCN(c4cccc5c4C(=O)N(C(CCC=O)C(=O)NC)C5=O)CC3)CC2)cc1. The molecule has 246 valence electrons. The number of hydrazine groups is 1. The van der Waals surface area contributed by atoms with E-state index in [1.165, 1.54) is 7.05 Å². The zero-order valence-electron chi connectivity index (χ0n) is 26.8. The number of anilines is 2. The van der Waals surface area contributed by atoms with Crippen molar-refractivity contribution in [2.75, 3.05) is 69.2 Å². The number of piperazine rings is 1. The highest BCUT2D eigenvalue weighted by molar-refractivity contribution is 6.25. The minimum Gasteiger partial charge on any atom is -0.371 e. The molecule has 3 aliphatic heterocycles. The number of nitrogens with zero attached hydrogens (tertiary/aromatic N) is 4. The van der Waals surface area contributed by atoms with Crippen LogP contribution in [-0.4, -0.2) is 105 Å². The highest BCUT2D eigenvalue weighted by Gasteiger charge is 2.44. The first-order valence-corrected chi connectivity index (χ1v) is 16.4. The summed E-state index contributed by atoms with van der Waals surface area (Å²) in [4.78, 5) is 70.9. The van der Waals surface area contributed by atoms with Crippen LogP contribution in [0.25, 0.3) is 0 Å². The molecule has 46 heavy (non-hydrogen) atoms. The maximum atomic E-state index is 13.6. The number of hydrogen-bond donors (Lipinski definition) is 3. The number of likely N-dealkylation sites (N-methyl/N-ethyl adjacent to an activating group) is 1. The molecule has 2 fully saturated rings. The third kappa shape index (κ3) is 7.23. The Hall–Kier alpha value is -4.29. The number of hydrogen-bond acceptors (Lipinski definition) is 9. The Morgan fingerprint density at radius 3 is 2.30 bits per heavy atom. The maximum Gasteiger partial charge on any atom is 0.265 e. The average molecular weight is 632 g/mol. The lowest BCUT2D eigenvalue weighted by atomic mass is 9.94. The normalized spacial score (nSPS) is 18.0. The van der Waals surface area contributed by atoms with Crippen LogP contribution in [0.2, 0.25) is 0 Å². The third-order valence-corrected chi connectivity index (χ3v) is 9.26. The summed E-state index contributed by atoms with van der Waals surface area (Å²) in [7, 11) is 1.46. The standard InChI is InChI=1S/C34H45N7O5/c1-3-15-36-37-31(43)25-9-11-26(12-10-25)39-20-18-38(19-21-39)23-24-13-16-40(17-14-24)28-7-4-6-27-30(28)34(46)41(33(27)45)29(8-5-22-42)32(44)35-2/h4,6-7,9-12,22,24,29,36H,3,5,8,13-21,23H2,1-2H3,(H,35,44)(H,37,43). The second kappa shape index (κ2) is 15.3. The van der Waals surface area contributed by atoms with Crippen LogP contribution < -0.4 is 26.0 Å². The van der Waals surface area contributed by atoms with Gasteiger partial charge in [0.15, 0.2) is 0 Å². The summed E-state index contributed by atoms with van der Waals surface area (Å²) in [6.45, 7) is 9.15. The van der Waals surface area contributed by atoms with E-state index in [-0.39, 0.29) is 18.7 Å². The van der Waals surface area contributed by atoms with Crippen LogP contribution in [0, 0.1) is 5.92 Å². The van der Waals surface area contributed by atoms with Crippen LogP contribution in [0.4, 0.5) is 11.4 Å². The lowest BCUT2D eigenvalue weighted by Crippen LogP contribution is -2.49. The fourth-order valence-corrected chi connectivity index (χ4v) is 6.68. The van der Waals surface area contributed by atoms with Crippen LogP contribution in [0.5, 0.6) is 0 Å². The van der Waals surface area contributed by atoms with Gasteiger partial charge in [-0.25, -0.2) is 5.43 Å². The van der Waals surface area contributed by atoms with Gasteiger partial charge in [-0.2, -0.15) is 0 Å². The molecule has 3 N–H and O–H groups in total. The lowest BCUT2D eigenvalue weighted by molar-refractivity contribution is -0.124. The van der Waals surface area contributed by atoms with Crippen molar-refractivity contribution in [3.8, 4) is 0 Å². The lowest BCUT2D eigenvalue weighted by Gasteiger charge is -2.40. The van der Waals surface area contributed by atoms with E-state index in [0.717, 1.165) is 87.9 Å². The second-order valence-electron chi connectivity index (χ2n) is 12.2. The molecular weight excluding hydrogens is 586 g/mol. The molecule has 0 aromatic heterocycles. The third-order valence-electron chi connectivity index (χ3n) is 9.26. The number of fused-ring (bicyclic) bond motifs is 1. The second-order valence-corrected chi connectivity index (χ2v) is 12.2. The van der Waals surface area contributed by atoms with Crippen molar-refractivity contribution in [3.05, 3.63) is 59.2 Å². The van der Waals surface area contributed by atoms with Crippen LogP contribution in [0.3, 0.4) is 0 Å². The van der Waals surface area contributed by atoms with Gasteiger partial charge in [-0.15, -0.1) is 0 Å². The van der Waals surface area contributed by atoms with Crippen LogP contribution in [0.15, 0.2) is 42.5 Å². The Bertz CT molecular complexity index is 1420. The van der Waals surface area contributed by atoms with Gasteiger partial charge < -0.3 is 19.9 Å². The summed E-state index contributed by atoms with van der Waals surface area (Å²) in [5, 5.41) is 2.53. The first kappa shape index (κ1) is 33.1. The Kier molecular flexibility index (Phi) is 11.0. The Labute approximate surface area is 270 Å². The van der Waals surface area contributed by atoms with Gasteiger partial charge in [-0.1, -0.05) is 13.0 Å². The highest BCUT2D eigenvalue weighted by atomic mass is 16.2. The van der Waals surface area contributed by atoms with Crippen molar-refractivity contribution in [1.29, 1.82) is 0 Å². The number of rotatable bonds is 13. The minimum absolute atomic E-state index is 0.0748. The molecule has 0 radical (unpaired) electrons. The van der Waals surface area contributed by atoms with Crippen LogP contribution in [-0.2, 0) is 9.59 Å². The largest absolute Gasteiger partial charge is 0.371 e. The monoisotopic (exact) mass is 631 g/mol. The predicted octanol–water partition coefficient (Wildman–Crippen LogP) is 2.06. The number of imide groups is 1. The van der Waals surface area contributed by atoms with E-state index in [9.17, 15) is 24.0 Å². The first-order valence-electron chi connectivity index (χ1n) is 16.4. The number of carbonyl (C=O) groups is 5. The topological polar surface area (TPSA) is 134 Å². The van der Waals surface area contributed by atoms with Crippen molar-refractivity contribution in [2.45, 2.75) is 45.1 Å². The van der Waals surface area contributed by atoms with E-state index >= 15 is 0 Å². The molecule has 2 saturated heterocycles. The van der Waals surface area contributed by atoms with Crippen molar-refractivity contribution < 1.29 is 24.0 Å². The number of piperidine rings is 1. The van der Waals surface area contributed by atoms with E-state index in [2.05, 4.69) is 30.9 Å². The zero-order valence-corrected chi connectivity index (χ0v) is 26.8. The fraction of sp³-hybridized carbons (Fsp3) is 0.500. The summed E-state index contributed by atoms with van der Waals surface area (Å²) in [5.41, 5.74) is 8.79. The first-order chi connectivity index (χ1) is 22.4. The minimum atomic E-state index is -1.03. The van der Waals surface area contributed by atoms with Crippen molar-refractivity contribution in [3.63, 3.8) is 0 Å². The molecule has 3 aliphatic rings. The molecule has 2 aromatic carbocycles. The Balaban J connectivity index is 1.13. The molecule has 3 heterocycles. The number of nitrogens with one attached hydrogen (secondary N) is 3. The van der Waals surface area contributed by atoms with Gasteiger partial charge in [0, 0.05) is 77.1 Å². The van der Waals surface area contributed by atoms with Crippen molar-refractivity contribution in [2.24, 2.45) is 5.92 Å². The zero-order chi connectivity index (χ0) is 32.6. The summed E-state index contributed by atoms with van der Waals surface area (Å²) < 4.78 is 0. The van der Waals surface area contributed by atoms with Gasteiger partial charge in [0.1, 0.15) is 12.3 Å². The molecule has 0 spiro atoms.